The summed E-state index contributed by atoms with van der Waals surface area (Å²) in [4.78, 5) is 5.18. The van der Waals surface area contributed by atoms with E-state index in [0.717, 1.165) is 0 Å². The Balaban J connectivity index is 2.35. The van der Waals surface area contributed by atoms with E-state index in [0.29, 0.717) is 13.1 Å². The molecule has 0 radical (unpaired) electrons. The normalized spacial score (nSPS) is 34.6. The van der Waals surface area contributed by atoms with E-state index in [1.54, 1.807) is 11.9 Å². The molecule has 0 aliphatic carbocycles. The van der Waals surface area contributed by atoms with E-state index in [9.17, 15) is 19.8 Å². The van der Waals surface area contributed by atoms with Crippen LogP contribution in [0.2, 0.25) is 0 Å². The van der Waals surface area contributed by atoms with Crippen LogP contribution in [-0.4, -0.2) is 96.0 Å². The highest BCUT2D eigenvalue weighted by Gasteiger charge is 2.43. The van der Waals surface area contributed by atoms with E-state index in [1.165, 1.54) is 0 Å². The summed E-state index contributed by atoms with van der Waals surface area (Å²) in [5, 5.41) is 37.8. The van der Waals surface area contributed by atoms with Crippen molar-refractivity contribution in [1.29, 1.82) is 0 Å². The maximum Gasteiger partial charge on any atom is 0.186 e. The van der Waals surface area contributed by atoms with Crippen molar-refractivity contribution in [2.45, 2.75) is 30.7 Å². The van der Waals surface area contributed by atoms with Gasteiger partial charge in [-0.15, -0.1) is 0 Å². The van der Waals surface area contributed by atoms with Gasteiger partial charge in [0.15, 0.2) is 6.29 Å². The molecule has 1 heterocycles. The van der Waals surface area contributed by atoms with E-state index >= 15 is 0 Å². The number of aliphatic hydroxyl groups is 4. The minimum atomic E-state index is -1.46. The molecule has 4 N–H and O–H groups in total. The summed E-state index contributed by atoms with van der Waals surface area (Å²) in [6.07, 6.45) is -6.40. The fraction of sp³-hybridized carbons (Fsp3) is 1.00. The molecule has 8 nitrogen and oxygen atoms in total. The molecule has 0 aromatic rings. The molecule has 1 fully saturated rings. The van der Waals surface area contributed by atoms with Crippen molar-refractivity contribution >= 4 is 0 Å². The molecule has 0 bridgehead atoms. The van der Waals surface area contributed by atoms with Crippen molar-refractivity contribution in [2.24, 2.45) is 0 Å². The molecule has 120 valence electrons. The summed E-state index contributed by atoms with van der Waals surface area (Å²) in [6, 6.07) is 0. The van der Waals surface area contributed by atoms with Crippen molar-refractivity contribution in [3.63, 3.8) is 0 Å². The van der Waals surface area contributed by atoms with Gasteiger partial charge in [0.1, 0.15) is 31.0 Å². The number of hydrogen-bond donors (Lipinski definition) is 4. The molecule has 1 saturated heterocycles. The topological polar surface area (TPSA) is 112 Å². The molecule has 1 aliphatic rings. The zero-order valence-corrected chi connectivity index (χ0v) is 11.3. The predicted octanol–water partition coefficient (Wildman–Crippen LogP) is -2.36. The van der Waals surface area contributed by atoms with Crippen LogP contribution >= 0.6 is 0 Å². The molecule has 0 aromatic carbocycles. The van der Waals surface area contributed by atoms with E-state index in [-0.39, 0.29) is 13.2 Å². The Morgan fingerprint density at radius 2 is 1.75 bits per heavy atom. The second-order valence-corrected chi connectivity index (χ2v) is 4.68. The third kappa shape index (κ3) is 4.86. The number of ether oxygens (including phenoxy) is 2. The zero-order valence-electron chi connectivity index (χ0n) is 11.3. The van der Waals surface area contributed by atoms with Crippen molar-refractivity contribution in [3.05, 3.63) is 0 Å². The van der Waals surface area contributed by atoms with E-state index in [1.807, 2.05) is 0 Å². The summed E-state index contributed by atoms with van der Waals surface area (Å²) in [5.41, 5.74) is 0. The van der Waals surface area contributed by atoms with Gasteiger partial charge in [-0.2, -0.15) is 4.94 Å². The lowest BCUT2D eigenvalue weighted by Crippen LogP contribution is -2.59. The summed E-state index contributed by atoms with van der Waals surface area (Å²) in [5.74, 6) is 0. The van der Waals surface area contributed by atoms with Gasteiger partial charge in [-0.05, 0) is 11.6 Å². The Morgan fingerprint density at radius 1 is 1.10 bits per heavy atom. The van der Waals surface area contributed by atoms with Crippen molar-refractivity contribution < 1.29 is 39.4 Å². The Labute approximate surface area is 116 Å². The van der Waals surface area contributed by atoms with Gasteiger partial charge < -0.3 is 34.8 Å². The third-order valence-corrected chi connectivity index (χ3v) is 3.15. The molecule has 1 rings (SSSR count). The Morgan fingerprint density at radius 3 is 2.35 bits per heavy atom. The van der Waals surface area contributed by atoms with Crippen molar-refractivity contribution in [2.75, 3.05) is 40.0 Å². The molecule has 3 unspecified atom stereocenters. The second kappa shape index (κ2) is 8.80. The smallest absolute Gasteiger partial charge is 0.186 e. The lowest BCUT2D eigenvalue weighted by Gasteiger charge is -2.39. The fourth-order valence-electron chi connectivity index (χ4n) is 1.83. The minimum absolute atomic E-state index is 0.0590. The minimum Gasteiger partial charge on any atom is -0.394 e. The quantitative estimate of drug-likeness (QED) is 0.394. The molecule has 9 heteroatoms. The molecule has 0 amide bonds. The standard InChI is InChI=1S/C11H22FNO7/c1-13(3-5-19-12)2-4-18-11-10(17)9(16)8(15)7(6-14)20-11/h7-11,14-17H,2-6H2,1H3/t7?,8-,9?,10?,11+/m1/s1. The summed E-state index contributed by atoms with van der Waals surface area (Å²) >= 11 is 0. The molecule has 0 aromatic heterocycles. The van der Waals surface area contributed by atoms with Crippen LogP contribution in [0.3, 0.4) is 0 Å². The fourth-order valence-corrected chi connectivity index (χ4v) is 1.83. The SMILES string of the molecule is CN(CCOF)CCO[C@H]1OC(CO)[C@@H](O)C(O)C1O. The van der Waals surface area contributed by atoms with Gasteiger partial charge in [-0.3, -0.25) is 0 Å². The third-order valence-electron chi connectivity index (χ3n) is 3.15. The first-order valence-corrected chi connectivity index (χ1v) is 6.35. The second-order valence-electron chi connectivity index (χ2n) is 4.68. The lowest BCUT2D eigenvalue weighted by atomic mass is 9.99. The Bertz CT molecular complexity index is 271. The van der Waals surface area contributed by atoms with Crippen molar-refractivity contribution in [1.82, 2.24) is 4.90 Å². The number of aliphatic hydroxyl groups excluding tert-OH is 4. The number of rotatable bonds is 8. The summed E-state index contributed by atoms with van der Waals surface area (Å²) < 4.78 is 21.9. The summed E-state index contributed by atoms with van der Waals surface area (Å²) in [7, 11) is 1.73. The summed E-state index contributed by atoms with van der Waals surface area (Å²) in [6.45, 7) is 0.396. The highest BCUT2D eigenvalue weighted by Crippen LogP contribution is 2.21. The predicted molar refractivity (Wildman–Crippen MR) is 64.3 cm³/mol. The zero-order chi connectivity index (χ0) is 15.1. The number of nitrogens with zero attached hydrogens (tertiary/aromatic N) is 1. The van der Waals surface area contributed by atoms with Gasteiger partial charge >= 0.3 is 0 Å². The molecular weight excluding hydrogens is 277 g/mol. The van der Waals surface area contributed by atoms with E-state index < -0.39 is 37.3 Å². The van der Waals surface area contributed by atoms with Crippen LogP contribution in [0.15, 0.2) is 0 Å². The molecule has 5 atom stereocenters. The van der Waals surface area contributed by atoms with Crippen LogP contribution in [0.25, 0.3) is 0 Å². The first-order valence-electron chi connectivity index (χ1n) is 6.35. The van der Waals surface area contributed by atoms with Gasteiger partial charge in [0.25, 0.3) is 0 Å². The Kier molecular flexibility index (Phi) is 7.77. The maximum atomic E-state index is 11.5. The van der Waals surface area contributed by atoms with Gasteiger partial charge in [0.2, 0.25) is 0 Å². The van der Waals surface area contributed by atoms with Crippen LogP contribution in [0.5, 0.6) is 0 Å². The van der Waals surface area contributed by atoms with Gasteiger partial charge in [-0.1, -0.05) is 0 Å². The van der Waals surface area contributed by atoms with E-state index in [4.69, 9.17) is 14.6 Å². The molecule has 0 spiro atoms. The number of likely N-dealkylation sites (N-methyl/N-ethyl adjacent to an activating group) is 1. The van der Waals surface area contributed by atoms with Crippen LogP contribution in [0.1, 0.15) is 0 Å². The van der Waals surface area contributed by atoms with Gasteiger partial charge in [-0.25, -0.2) is 0 Å². The first kappa shape index (κ1) is 17.7. The highest BCUT2D eigenvalue weighted by molar-refractivity contribution is 4.88. The van der Waals surface area contributed by atoms with Crippen LogP contribution < -0.4 is 0 Å². The molecule has 1 aliphatic heterocycles. The molecule has 0 saturated carbocycles. The highest BCUT2D eigenvalue weighted by atomic mass is 19.3. The van der Waals surface area contributed by atoms with Crippen LogP contribution in [-0.2, 0) is 14.4 Å². The van der Waals surface area contributed by atoms with Gasteiger partial charge in [0.05, 0.1) is 13.2 Å². The van der Waals surface area contributed by atoms with Crippen LogP contribution in [0.4, 0.5) is 4.53 Å². The van der Waals surface area contributed by atoms with E-state index in [2.05, 4.69) is 4.94 Å². The maximum absolute atomic E-state index is 11.5. The monoisotopic (exact) mass is 299 g/mol. The first-order chi connectivity index (χ1) is 9.51. The van der Waals surface area contributed by atoms with Crippen LogP contribution in [0, 0.1) is 0 Å². The average Bonchev–Trinajstić information content (AvgIpc) is 2.45. The average molecular weight is 299 g/mol. The lowest BCUT2D eigenvalue weighted by molar-refractivity contribution is -0.301. The number of halogens is 1. The van der Waals surface area contributed by atoms with Crippen molar-refractivity contribution in [3.8, 4) is 0 Å². The molecular formula is C11H22FNO7. The van der Waals surface area contributed by atoms with Gasteiger partial charge in [0, 0.05) is 13.1 Å². The Hall–Kier alpha value is -0.390. The molecule has 20 heavy (non-hydrogen) atoms. The largest absolute Gasteiger partial charge is 0.394 e. The number of hydrogen-bond acceptors (Lipinski definition) is 8.